The molecule has 0 saturated heterocycles. The molecule has 0 amide bonds. The van der Waals surface area contributed by atoms with Crippen molar-refractivity contribution in [2.45, 2.75) is 77.7 Å². The van der Waals surface area contributed by atoms with E-state index in [9.17, 15) is 0 Å². The van der Waals surface area contributed by atoms with E-state index in [1.807, 2.05) is 6.92 Å². The summed E-state index contributed by atoms with van der Waals surface area (Å²) in [6.07, 6.45) is 12.9. The summed E-state index contributed by atoms with van der Waals surface area (Å²) in [6.45, 7) is 5.39. The predicted molar refractivity (Wildman–Crippen MR) is 85.4 cm³/mol. The van der Waals surface area contributed by atoms with E-state index in [1.165, 1.54) is 32.1 Å². The SMILES string of the molecule is CC#CCC(CC12CC3CC(CC(C3)C1)C2)NCCC. The molecule has 4 saturated carbocycles. The molecular weight excluding hydrogens is 242 g/mol. The van der Waals surface area contributed by atoms with E-state index in [2.05, 4.69) is 24.1 Å². The maximum atomic E-state index is 3.78. The summed E-state index contributed by atoms with van der Waals surface area (Å²) in [6, 6.07) is 0.638. The summed E-state index contributed by atoms with van der Waals surface area (Å²) >= 11 is 0. The molecule has 4 rings (SSSR count). The van der Waals surface area contributed by atoms with Gasteiger partial charge in [-0.15, -0.1) is 11.8 Å². The van der Waals surface area contributed by atoms with E-state index in [0.29, 0.717) is 11.5 Å². The summed E-state index contributed by atoms with van der Waals surface area (Å²) in [5, 5.41) is 3.78. The van der Waals surface area contributed by atoms with E-state index in [0.717, 1.165) is 30.7 Å². The molecule has 0 heterocycles. The van der Waals surface area contributed by atoms with Crippen LogP contribution in [0.25, 0.3) is 0 Å². The fourth-order valence-corrected chi connectivity index (χ4v) is 5.85. The molecule has 4 fully saturated rings. The largest absolute Gasteiger partial charge is 0.313 e. The number of hydrogen-bond acceptors (Lipinski definition) is 1. The monoisotopic (exact) mass is 273 g/mol. The molecule has 0 aliphatic heterocycles. The van der Waals surface area contributed by atoms with E-state index >= 15 is 0 Å². The third-order valence-corrected chi connectivity index (χ3v) is 6.05. The van der Waals surface area contributed by atoms with E-state index in [-0.39, 0.29) is 0 Å². The Balaban J connectivity index is 1.65. The molecule has 0 aromatic heterocycles. The molecule has 1 nitrogen and oxygen atoms in total. The van der Waals surface area contributed by atoms with E-state index in [4.69, 9.17) is 0 Å². The minimum Gasteiger partial charge on any atom is -0.313 e. The van der Waals surface area contributed by atoms with Crippen molar-refractivity contribution in [3.63, 3.8) is 0 Å². The molecule has 1 atom stereocenters. The molecule has 1 unspecified atom stereocenters. The van der Waals surface area contributed by atoms with Crippen molar-refractivity contribution in [2.75, 3.05) is 6.54 Å². The van der Waals surface area contributed by atoms with Crippen LogP contribution in [0.15, 0.2) is 0 Å². The van der Waals surface area contributed by atoms with Crippen LogP contribution in [0.1, 0.15) is 71.6 Å². The average Bonchev–Trinajstić information content (AvgIpc) is 2.40. The Morgan fingerprint density at radius 2 is 1.70 bits per heavy atom. The average molecular weight is 273 g/mol. The van der Waals surface area contributed by atoms with Crippen LogP contribution in [0.5, 0.6) is 0 Å². The van der Waals surface area contributed by atoms with Crippen LogP contribution in [0.4, 0.5) is 0 Å². The van der Waals surface area contributed by atoms with Gasteiger partial charge in [-0.1, -0.05) is 6.92 Å². The van der Waals surface area contributed by atoms with Crippen LogP contribution in [-0.2, 0) is 0 Å². The highest BCUT2D eigenvalue weighted by Crippen LogP contribution is 2.61. The summed E-state index contributed by atoms with van der Waals surface area (Å²) in [4.78, 5) is 0. The van der Waals surface area contributed by atoms with Gasteiger partial charge in [0.2, 0.25) is 0 Å². The molecule has 1 N–H and O–H groups in total. The van der Waals surface area contributed by atoms with Gasteiger partial charge in [-0.25, -0.2) is 0 Å². The van der Waals surface area contributed by atoms with E-state index < -0.39 is 0 Å². The zero-order valence-corrected chi connectivity index (χ0v) is 13.4. The Hall–Kier alpha value is -0.480. The van der Waals surface area contributed by atoms with Crippen LogP contribution >= 0.6 is 0 Å². The van der Waals surface area contributed by atoms with Crippen molar-refractivity contribution in [3.05, 3.63) is 0 Å². The fourth-order valence-electron chi connectivity index (χ4n) is 5.85. The highest BCUT2D eigenvalue weighted by Gasteiger charge is 2.51. The van der Waals surface area contributed by atoms with Crippen molar-refractivity contribution in [2.24, 2.45) is 23.2 Å². The molecule has 1 heteroatoms. The van der Waals surface area contributed by atoms with Crippen molar-refractivity contribution < 1.29 is 0 Å². The van der Waals surface area contributed by atoms with Crippen molar-refractivity contribution in [1.82, 2.24) is 5.32 Å². The molecule has 20 heavy (non-hydrogen) atoms. The maximum absolute atomic E-state index is 3.78. The highest BCUT2D eigenvalue weighted by atomic mass is 14.9. The lowest BCUT2D eigenvalue weighted by Gasteiger charge is -2.57. The molecule has 4 aliphatic rings. The lowest BCUT2D eigenvalue weighted by molar-refractivity contribution is -0.0617. The lowest BCUT2D eigenvalue weighted by atomic mass is 9.48. The first-order valence-electron chi connectivity index (χ1n) is 8.86. The standard InChI is InChI=1S/C19H31N/c1-3-5-6-18(20-7-4-2)14-19-11-15-8-16(12-19)10-17(9-15)13-19/h15-18,20H,4,6-14H2,1-2H3. The summed E-state index contributed by atoms with van der Waals surface area (Å²) in [7, 11) is 0. The zero-order valence-electron chi connectivity index (χ0n) is 13.4. The van der Waals surface area contributed by atoms with Crippen molar-refractivity contribution >= 4 is 0 Å². The van der Waals surface area contributed by atoms with Gasteiger partial charge >= 0.3 is 0 Å². The minimum atomic E-state index is 0.638. The van der Waals surface area contributed by atoms with Crippen LogP contribution in [0.2, 0.25) is 0 Å². The van der Waals surface area contributed by atoms with Gasteiger partial charge in [-0.3, -0.25) is 0 Å². The molecule has 112 valence electrons. The summed E-state index contributed by atoms with van der Waals surface area (Å²) < 4.78 is 0. The molecule has 0 aromatic carbocycles. The summed E-state index contributed by atoms with van der Waals surface area (Å²) in [5.74, 6) is 9.64. The smallest absolute Gasteiger partial charge is 0.0243 e. The van der Waals surface area contributed by atoms with Crippen LogP contribution in [0, 0.1) is 35.0 Å². The van der Waals surface area contributed by atoms with Crippen LogP contribution in [-0.4, -0.2) is 12.6 Å². The van der Waals surface area contributed by atoms with Gasteiger partial charge in [0.25, 0.3) is 0 Å². The molecule has 4 bridgehead atoms. The van der Waals surface area contributed by atoms with Gasteiger partial charge in [0.05, 0.1) is 0 Å². The van der Waals surface area contributed by atoms with Crippen LogP contribution in [0.3, 0.4) is 0 Å². The first kappa shape index (κ1) is 14.5. The lowest BCUT2D eigenvalue weighted by Crippen LogP contribution is -2.49. The predicted octanol–water partition coefficient (Wildman–Crippen LogP) is 4.37. The van der Waals surface area contributed by atoms with Gasteiger partial charge in [0.15, 0.2) is 0 Å². The second-order valence-corrected chi connectivity index (χ2v) is 7.90. The Kier molecular flexibility index (Phi) is 4.41. The molecule has 0 spiro atoms. The molecule has 0 radical (unpaired) electrons. The maximum Gasteiger partial charge on any atom is 0.0243 e. The molecule has 0 aromatic rings. The highest BCUT2D eigenvalue weighted by molar-refractivity contribution is 5.05. The van der Waals surface area contributed by atoms with Crippen LogP contribution < -0.4 is 5.32 Å². The Bertz CT molecular complexity index is 351. The van der Waals surface area contributed by atoms with Crippen molar-refractivity contribution in [1.29, 1.82) is 0 Å². The zero-order chi connectivity index (χ0) is 14.0. The molecular formula is C19H31N. The number of nitrogens with one attached hydrogen (secondary N) is 1. The van der Waals surface area contributed by atoms with E-state index in [1.54, 1.807) is 19.3 Å². The Morgan fingerprint density at radius 1 is 1.10 bits per heavy atom. The molecule has 4 aliphatic carbocycles. The minimum absolute atomic E-state index is 0.638. The van der Waals surface area contributed by atoms with Gasteiger partial charge in [0.1, 0.15) is 0 Å². The van der Waals surface area contributed by atoms with Gasteiger partial charge in [-0.05, 0) is 88.0 Å². The Morgan fingerprint density at radius 3 is 2.20 bits per heavy atom. The van der Waals surface area contributed by atoms with Gasteiger partial charge in [-0.2, -0.15) is 0 Å². The second-order valence-electron chi connectivity index (χ2n) is 7.90. The van der Waals surface area contributed by atoms with Crippen molar-refractivity contribution in [3.8, 4) is 11.8 Å². The topological polar surface area (TPSA) is 12.0 Å². The quantitative estimate of drug-likeness (QED) is 0.708. The normalized spacial score (nSPS) is 39.4. The summed E-state index contributed by atoms with van der Waals surface area (Å²) in [5.41, 5.74) is 0.690. The fraction of sp³-hybridized carbons (Fsp3) is 0.895. The first-order chi connectivity index (χ1) is 9.73. The second kappa shape index (κ2) is 6.10. The Labute approximate surface area is 125 Å². The first-order valence-corrected chi connectivity index (χ1v) is 8.86. The number of rotatable bonds is 6. The van der Waals surface area contributed by atoms with Gasteiger partial charge < -0.3 is 5.32 Å². The number of hydrogen-bond donors (Lipinski definition) is 1. The van der Waals surface area contributed by atoms with Gasteiger partial charge in [0, 0.05) is 12.5 Å². The third-order valence-electron chi connectivity index (χ3n) is 6.05. The third kappa shape index (κ3) is 3.06.